The van der Waals surface area contributed by atoms with Crippen molar-refractivity contribution in [2.24, 2.45) is 7.05 Å². The molecular weight excluding hydrogens is 264 g/mol. The molecule has 1 unspecified atom stereocenters. The maximum atomic E-state index is 3.62. The van der Waals surface area contributed by atoms with Crippen LogP contribution in [0.4, 0.5) is 0 Å². The molecular formula is C13H15BrN2. The number of aryl methyl sites for hydroxylation is 1. The van der Waals surface area contributed by atoms with Crippen LogP contribution in [0.1, 0.15) is 17.9 Å². The predicted octanol–water partition coefficient (Wildman–Crippen LogP) is 3.02. The van der Waals surface area contributed by atoms with Crippen LogP contribution in [-0.2, 0) is 7.05 Å². The van der Waals surface area contributed by atoms with Gasteiger partial charge in [0.1, 0.15) is 0 Å². The molecule has 0 bridgehead atoms. The lowest BCUT2D eigenvalue weighted by Crippen LogP contribution is -2.08. The van der Waals surface area contributed by atoms with Crippen molar-refractivity contribution in [2.45, 2.75) is 12.3 Å². The molecule has 2 aromatic rings. The van der Waals surface area contributed by atoms with Crippen LogP contribution in [0, 0.1) is 0 Å². The normalized spacial score (nSPS) is 20.8. The van der Waals surface area contributed by atoms with Gasteiger partial charge in [-0.2, -0.15) is 0 Å². The summed E-state index contributed by atoms with van der Waals surface area (Å²) in [5.41, 5.74) is 2.86. The molecule has 3 heteroatoms. The van der Waals surface area contributed by atoms with Crippen molar-refractivity contribution in [3.8, 4) is 0 Å². The number of benzene rings is 1. The number of nitrogens with one attached hydrogen (secondary N) is 1. The Hall–Kier alpha value is -0.800. The quantitative estimate of drug-likeness (QED) is 0.849. The molecule has 84 valence electrons. The summed E-state index contributed by atoms with van der Waals surface area (Å²) in [6.07, 6.45) is 3.40. The van der Waals surface area contributed by atoms with Crippen LogP contribution in [0.15, 0.2) is 28.9 Å². The van der Waals surface area contributed by atoms with Gasteiger partial charge >= 0.3 is 0 Å². The Morgan fingerprint density at radius 2 is 2.31 bits per heavy atom. The van der Waals surface area contributed by atoms with E-state index in [1.165, 1.54) is 27.4 Å². The number of halogens is 1. The first-order chi connectivity index (χ1) is 7.77. The second-order valence-corrected chi connectivity index (χ2v) is 5.38. The van der Waals surface area contributed by atoms with Gasteiger partial charge < -0.3 is 9.88 Å². The fraction of sp³-hybridized carbons (Fsp3) is 0.385. The van der Waals surface area contributed by atoms with E-state index in [-0.39, 0.29) is 0 Å². The monoisotopic (exact) mass is 278 g/mol. The first-order valence-corrected chi connectivity index (χ1v) is 6.51. The summed E-state index contributed by atoms with van der Waals surface area (Å²) in [4.78, 5) is 0. The highest BCUT2D eigenvalue weighted by Crippen LogP contribution is 2.33. The molecule has 3 rings (SSSR count). The number of fused-ring (bicyclic) bond motifs is 1. The Morgan fingerprint density at radius 1 is 1.44 bits per heavy atom. The molecule has 1 aromatic heterocycles. The van der Waals surface area contributed by atoms with Gasteiger partial charge in [0.25, 0.3) is 0 Å². The minimum atomic E-state index is 0.671. The average Bonchev–Trinajstić information content (AvgIpc) is 2.88. The minimum Gasteiger partial charge on any atom is -0.349 e. The zero-order valence-electron chi connectivity index (χ0n) is 9.33. The Balaban J connectivity index is 2.23. The highest BCUT2D eigenvalue weighted by molar-refractivity contribution is 9.10. The lowest BCUT2D eigenvalue weighted by molar-refractivity contribution is 0.763. The van der Waals surface area contributed by atoms with Gasteiger partial charge in [0.05, 0.1) is 5.52 Å². The Kier molecular flexibility index (Phi) is 2.52. The predicted molar refractivity (Wildman–Crippen MR) is 70.8 cm³/mol. The van der Waals surface area contributed by atoms with Crippen LogP contribution in [0.5, 0.6) is 0 Å². The summed E-state index contributed by atoms with van der Waals surface area (Å²) in [6.45, 7) is 2.26. The summed E-state index contributed by atoms with van der Waals surface area (Å²) in [5.74, 6) is 0.671. The van der Waals surface area contributed by atoms with Gasteiger partial charge in [0, 0.05) is 29.6 Å². The molecule has 1 saturated heterocycles. The smallest absolute Gasteiger partial charge is 0.0525 e. The molecule has 1 aliphatic heterocycles. The molecule has 1 N–H and O–H groups in total. The fourth-order valence-corrected chi connectivity index (χ4v) is 3.33. The van der Waals surface area contributed by atoms with Crippen molar-refractivity contribution in [3.05, 3.63) is 34.4 Å². The maximum absolute atomic E-state index is 3.62. The third kappa shape index (κ3) is 1.50. The first kappa shape index (κ1) is 10.4. The van der Waals surface area contributed by atoms with E-state index in [4.69, 9.17) is 0 Å². The molecule has 0 saturated carbocycles. The van der Waals surface area contributed by atoms with Crippen molar-refractivity contribution in [1.82, 2.24) is 9.88 Å². The summed E-state index contributed by atoms with van der Waals surface area (Å²) in [7, 11) is 2.12. The second kappa shape index (κ2) is 3.90. The lowest BCUT2D eigenvalue weighted by atomic mass is 9.96. The van der Waals surface area contributed by atoms with Gasteiger partial charge in [-0.05, 0) is 40.4 Å². The molecule has 2 heterocycles. The molecule has 1 atom stereocenters. The van der Waals surface area contributed by atoms with Gasteiger partial charge in [-0.3, -0.25) is 0 Å². The van der Waals surface area contributed by atoms with Crippen LogP contribution in [0.3, 0.4) is 0 Å². The molecule has 1 aromatic carbocycles. The highest BCUT2D eigenvalue weighted by Gasteiger charge is 2.20. The summed E-state index contributed by atoms with van der Waals surface area (Å²) < 4.78 is 3.42. The SMILES string of the molecule is Cn1cc(Br)c2cccc(C3CCNC3)c21. The van der Waals surface area contributed by atoms with Crippen LogP contribution < -0.4 is 5.32 Å². The van der Waals surface area contributed by atoms with Crippen molar-refractivity contribution >= 4 is 26.8 Å². The third-order valence-electron chi connectivity index (χ3n) is 3.48. The van der Waals surface area contributed by atoms with E-state index in [0.29, 0.717) is 5.92 Å². The Morgan fingerprint density at radius 3 is 3.06 bits per heavy atom. The number of hydrogen-bond donors (Lipinski definition) is 1. The number of rotatable bonds is 1. The van der Waals surface area contributed by atoms with E-state index in [9.17, 15) is 0 Å². The van der Waals surface area contributed by atoms with Crippen LogP contribution in [-0.4, -0.2) is 17.7 Å². The number of aromatic nitrogens is 1. The van der Waals surface area contributed by atoms with E-state index in [1.54, 1.807) is 0 Å². The molecule has 1 aliphatic rings. The molecule has 0 spiro atoms. The topological polar surface area (TPSA) is 17.0 Å². The van der Waals surface area contributed by atoms with Gasteiger partial charge in [0.15, 0.2) is 0 Å². The van der Waals surface area contributed by atoms with Crippen molar-refractivity contribution in [2.75, 3.05) is 13.1 Å². The van der Waals surface area contributed by atoms with Crippen LogP contribution >= 0.6 is 15.9 Å². The lowest BCUT2D eigenvalue weighted by Gasteiger charge is -2.12. The van der Waals surface area contributed by atoms with E-state index in [1.807, 2.05) is 0 Å². The van der Waals surface area contributed by atoms with Crippen LogP contribution in [0.25, 0.3) is 10.9 Å². The van der Waals surface area contributed by atoms with E-state index >= 15 is 0 Å². The summed E-state index contributed by atoms with van der Waals surface area (Å²) >= 11 is 3.62. The molecule has 1 fully saturated rings. The van der Waals surface area contributed by atoms with Crippen molar-refractivity contribution in [3.63, 3.8) is 0 Å². The summed E-state index contributed by atoms with van der Waals surface area (Å²) in [6, 6.07) is 6.62. The summed E-state index contributed by atoms with van der Waals surface area (Å²) in [5, 5.41) is 4.77. The maximum Gasteiger partial charge on any atom is 0.0525 e. The first-order valence-electron chi connectivity index (χ1n) is 5.71. The zero-order chi connectivity index (χ0) is 11.1. The third-order valence-corrected chi connectivity index (χ3v) is 4.12. The largest absolute Gasteiger partial charge is 0.349 e. The fourth-order valence-electron chi connectivity index (χ4n) is 2.70. The van der Waals surface area contributed by atoms with Crippen molar-refractivity contribution in [1.29, 1.82) is 0 Å². The van der Waals surface area contributed by atoms with Gasteiger partial charge in [-0.25, -0.2) is 0 Å². The van der Waals surface area contributed by atoms with E-state index in [0.717, 1.165) is 13.1 Å². The molecule has 0 radical (unpaired) electrons. The zero-order valence-corrected chi connectivity index (χ0v) is 10.9. The van der Waals surface area contributed by atoms with Crippen molar-refractivity contribution < 1.29 is 0 Å². The standard InChI is InChI=1S/C13H15BrN2/c1-16-8-12(14)11-4-2-3-10(13(11)16)9-5-6-15-7-9/h2-4,8-9,15H,5-7H2,1H3. The molecule has 0 amide bonds. The average molecular weight is 279 g/mol. The Labute approximate surface area is 104 Å². The second-order valence-electron chi connectivity index (χ2n) is 4.52. The number of hydrogen-bond acceptors (Lipinski definition) is 1. The number of nitrogens with zero attached hydrogens (tertiary/aromatic N) is 1. The van der Waals surface area contributed by atoms with Gasteiger partial charge in [-0.15, -0.1) is 0 Å². The molecule has 16 heavy (non-hydrogen) atoms. The molecule has 2 nitrogen and oxygen atoms in total. The minimum absolute atomic E-state index is 0.671. The Bertz CT molecular complexity index is 524. The van der Waals surface area contributed by atoms with Gasteiger partial charge in [0.2, 0.25) is 0 Å². The van der Waals surface area contributed by atoms with Gasteiger partial charge in [-0.1, -0.05) is 18.2 Å². The highest BCUT2D eigenvalue weighted by atomic mass is 79.9. The number of para-hydroxylation sites is 1. The van der Waals surface area contributed by atoms with E-state index < -0.39 is 0 Å². The van der Waals surface area contributed by atoms with E-state index in [2.05, 4.69) is 57.3 Å². The van der Waals surface area contributed by atoms with Crippen LogP contribution in [0.2, 0.25) is 0 Å². The molecule has 0 aliphatic carbocycles.